The average Bonchev–Trinajstić information content (AvgIpc) is 2.56. The molecule has 0 aliphatic carbocycles. The number of hydrogen-bond donors (Lipinski definition) is 4. The van der Waals surface area contributed by atoms with Crippen molar-refractivity contribution in [3.63, 3.8) is 0 Å². The van der Waals surface area contributed by atoms with E-state index in [-0.39, 0.29) is 12.2 Å². The van der Waals surface area contributed by atoms with Crippen LogP contribution in [0.4, 0.5) is 0 Å². The molecule has 0 radical (unpaired) electrons. The van der Waals surface area contributed by atoms with Crippen molar-refractivity contribution < 1.29 is 19.8 Å². The number of rotatable bonds is 6. The predicted molar refractivity (Wildman–Crippen MR) is 84.7 cm³/mol. The Kier molecular flexibility index (Phi) is 5.32. The summed E-state index contributed by atoms with van der Waals surface area (Å²) in [5, 5.41) is 21.0. The van der Waals surface area contributed by atoms with E-state index in [1.807, 2.05) is 0 Å². The summed E-state index contributed by atoms with van der Waals surface area (Å²) in [6, 6.07) is 12.8. The number of benzene rings is 2. The Morgan fingerprint density at radius 1 is 1.04 bits per heavy atom. The summed E-state index contributed by atoms with van der Waals surface area (Å²) >= 11 is 0. The smallest absolute Gasteiger partial charge is 0.326 e. The first-order valence-corrected chi connectivity index (χ1v) is 7.09. The van der Waals surface area contributed by atoms with Crippen molar-refractivity contribution >= 4 is 11.9 Å². The molecular formula is C17H18N2O4. The summed E-state index contributed by atoms with van der Waals surface area (Å²) in [6.45, 7) is 0. The number of nitrogens with one attached hydrogen (secondary N) is 1. The van der Waals surface area contributed by atoms with Crippen LogP contribution in [-0.4, -0.2) is 28.1 Å². The molecule has 23 heavy (non-hydrogen) atoms. The molecule has 0 saturated carbocycles. The van der Waals surface area contributed by atoms with Crippen molar-refractivity contribution in [2.45, 2.75) is 18.5 Å². The normalized spacial score (nSPS) is 13.1. The Morgan fingerprint density at radius 3 is 2.22 bits per heavy atom. The summed E-state index contributed by atoms with van der Waals surface area (Å²) in [5.41, 5.74) is 7.16. The first kappa shape index (κ1) is 16.5. The number of phenols is 1. The molecule has 0 aliphatic rings. The van der Waals surface area contributed by atoms with Gasteiger partial charge in [-0.1, -0.05) is 42.5 Å². The second-order valence-electron chi connectivity index (χ2n) is 5.16. The number of amides is 1. The zero-order valence-electron chi connectivity index (χ0n) is 12.3. The lowest BCUT2D eigenvalue weighted by atomic mass is 10.0. The molecule has 2 aromatic rings. The number of carbonyl (C=O) groups is 2. The van der Waals surface area contributed by atoms with E-state index in [1.54, 1.807) is 42.5 Å². The van der Waals surface area contributed by atoms with Gasteiger partial charge >= 0.3 is 5.97 Å². The van der Waals surface area contributed by atoms with Gasteiger partial charge in [0.2, 0.25) is 5.91 Å². The standard InChI is InChI=1S/C17H18N2O4/c18-15(12-4-2-1-3-5-12)16(21)19-14(17(22)23)10-11-6-8-13(20)9-7-11/h1-9,14-15,20H,10,18H2,(H,19,21)(H,22,23)/t14-,15?/m0/s1. The molecule has 2 atom stereocenters. The van der Waals surface area contributed by atoms with Gasteiger partial charge in [-0.3, -0.25) is 4.79 Å². The molecule has 6 nitrogen and oxygen atoms in total. The Bertz CT molecular complexity index is 671. The van der Waals surface area contributed by atoms with Gasteiger partial charge in [0.1, 0.15) is 17.8 Å². The molecule has 0 aliphatic heterocycles. The van der Waals surface area contributed by atoms with Gasteiger partial charge in [-0.15, -0.1) is 0 Å². The van der Waals surface area contributed by atoms with Crippen LogP contribution >= 0.6 is 0 Å². The first-order valence-electron chi connectivity index (χ1n) is 7.09. The van der Waals surface area contributed by atoms with Gasteiger partial charge < -0.3 is 21.3 Å². The third-order valence-corrected chi connectivity index (χ3v) is 3.43. The van der Waals surface area contributed by atoms with Crippen LogP contribution in [0.25, 0.3) is 0 Å². The fourth-order valence-electron chi connectivity index (χ4n) is 2.14. The third kappa shape index (κ3) is 4.55. The average molecular weight is 314 g/mol. The maximum Gasteiger partial charge on any atom is 0.326 e. The van der Waals surface area contributed by atoms with Crippen LogP contribution < -0.4 is 11.1 Å². The van der Waals surface area contributed by atoms with Crippen molar-refractivity contribution in [2.75, 3.05) is 0 Å². The quantitative estimate of drug-likeness (QED) is 0.640. The van der Waals surface area contributed by atoms with E-state index in [4.69, 9.17) is 5.73 Å². The minimum absolute atomic E-state index is 0.0933. The Labute approximate surface area is 133 Å². The Hall–Kier alpha value is -2.86. The summed E-state index contributed by atoms with van der Waals surface area (Å²) < 4.78 is 0. The molecule has 2 rings (SSSR count). The van der Waals surface area contributed by atoms with Crippen LogP contribution in [0.3, 0.4) is 0 Å². The molecule has 0 aromatic heterocycles. The number of aromatic hydroxyl groups is 1. The molecule has 0 fully saturated rings. The van der Waals surface area contributed by atoms with Crippen LogP contribution in [0.5, 0.6) is 5.75 Å². The van der Waals surface area contributed by atoms with E-state index in [2.05, 4.69) is 5.32 Å². The number of carboxylic acids is 1. The molecule has 1 unspecified atom stereocenters. The second-order valence-corrected chi connectivity index (χ2v) is 5.16. The Morgan fingerprint density at radius 2 is 1.65 bits per heavy atom. The first-order chi connectivity index (χ1) is 11.0. The second kappa shape index (κ2) is 7.42. The van der Waals surface area contributed by atoms with Gasteiger partial charge in [0.15, 0.2) is 0 Å². The number of phenolic OH excluding ortho intramolecular Hbond substituents is 1. The van der Waals surface area contributed by atoms with E-state index in [1.165, 1.54) is 12.1 Å². The van der Waals surface area contributed by atoms with Gasteiger partial charge in [0.05, 0.1) is 0 Å². The van der Waals surface area contributed by atoms with Gasteiger partial charge in [-0.05, 0) is 23.3 Å². The SMILES string of the molecule is NC(C(=O)N[C@@H](Cc1ccc(O)cc1)C(=O)O)c1ccccc1. The maximum absolute atomic E-state index is 12.2. The molecule has 0 heterocycles. The highest BCUT2D eigenvalue weighted by Gasteiger charge is 2.24. The van der Waals surface area contributed by atoms with Gasteiger partial charge in [0, 0.05) is 6.42 Å². The summed E-state index contributed by atoms with van der Waals surface area (Å²) in [5.74, 6) is -1.61. The largest absolute Gasteiger partial charge is 0.508 e. The third-order valence-electron chi connectivity index (χ3n) is 3.43. The lowest BCUT2D eigenvalue weighted by molar-refractivity contribution is -0.142. The topological polar surface area (TPSA) is 113 Å². The molecule has 0 bridgehead atoms. The lowest BCUT2D eigenvalue weighted by Gasteiger charge is -2.18. The highest BCUT2D eigenvalue weighted by atomic mass is 16.4. The number of carboxylic acid groups (broad SMARTS) is 1. The molecule has 6 heteroatoms. The monoisotopic (exact) mass is 314 g/mol. The summed E-state index contributed by atoms with van der Waals surface area (Å²) in [6.07, 6.45) is 0.100. The van der Waals surface area contributed by atoms with E-state index < -0.39 is 24.0 Å². The summed E-state index contributed by atoms with van der Waals surface area (Å²) in [4.78, 5) is 23.5. The fraction of sp³-hybridized carbons (Fsp3) is 0.176. The van der Waals surface area contributed by atoms with Crippen molar-refractivity contribution in [2.24, 2.45) is 5.73 Å². The van der Waals surface area contributed by atoms with Crippen LogP contribution in [0.15, 0.2) is 54.6 Å². The summed E-state index contributed by atoms with van der Waals surface area (Å²) in [7, 11) is 0. The molecule has 120 valence electrons. The predicted octanol–water partition coefficient (Wildman–Crippen LogP) is 1.20. The lowest BCUT2D eigenvalue weighted by Crippen LogP contribution is -2.46. The number of nitrogens with two attached hydrogens (primary N) is 1. The van der Waals surface area contributed by atoms with Crippen LogP contribution in [0.1, 0.15) is 17.2 Å². The minimum atomic E-state index is -1.15. The fourth-order valence-corrected chi connectivity index (χ4v) is 2.14. The van der Waals surface area contributed by atoms with Gasteiger partial charge in [0.25, 0.3) is 0 Å². The Balaban J connectivity index is 2.05. The zero-order valence-corrected chi connectivity index (χ0v) is 12.3. The zero-order chi connectivity index (χ0) is 16.8. The van der Waals surface area contributed by atoms with Crippen LogP contribution in [0.2, 0.25) is 0 Å². The molecule has 5 N–H and O–H groups in total. The number of aliphatic carboxylic acids is 1. The molecular weight excluding hydrogens is 296 g/mol. The molecule has 0 spiro atoms. The van der Waals surface area contributed by atoms with E-state index in [0.717, 1.165) is 0 Å². The van der Waals surface area contributed by atoms with E-state index in [0.29, 0.717) is 11.1 Å². The van der Waals surface area contributed by atoms with Crippen LogP contribution in [-0.2, 0) is 16.0 Å². The van der Waals surface area contributed by atoms with Crippen LogP contribution in [0, 0.1) is 0 Å². The van der Waals surface area contributed by atoms with Crippen molar-refractivity contribution in [1.82, 2.24) is 5.32 Å². The van der Waals surface area contributed by atoms with Crippen molar-refractivity contribution in [3.8, 4) is 5.75 Å². The van der Waals surface area contributed by atoms with E-state index in [9.17, 15) is 19.8 Å². The molecule has 0 saturated heterocycles. The maximum atomic E-state index is 12.2. The highest BCUT2D eigenvalue weighted by Crippen LogP contribution is 2.13. The molecule has 1 amide bonds. The highest BCUT2D eigenvalue weighted by molar-refractivity contribution is 5.87. The van der Waals surface area contributed by atoms with Gasteiger partial charge in [-0.2, -0.15) is 0 Å². The van der Waals surface area contributed by atoms with E-state index >= 15 is 0 Å². The van der Waals surface area contributed by atoms with Gasteiger partial charge in [-0.25, -0.2) is 4.79 Å². The number of carbonyl (C=O) groups excluding carboxylic acids is 1. The molecule has 2 aromatic carbocycles. The number of hydrogen-bond acceptors (Lipinski definition) is 4. The van der Waals surface area contributed by atoms with Crippen molar-refractivity contribution in [1.29, 1.82) is 0 Å². The minimum Gasteiger partial charge on any atom is -0.508 e. The van der Waals surface area contributed by atoms with Crippen molar-refractivity contribution in [3.05, 3.63) is 65.7 Å².